The van der Waals surface area contributed by atoms with Gasteiger partial charge in [-0.3, -0.25) is 4.98 Å². The maximum Gasteiger partial charge on any atom is 0.0803 e. The van der Waals surface area contributed by atoms with Crippen molar-refractivity contribution in [2.75, 3.05) is 13.2 Å². The topological polar surface area (TPSA) is 27.1 Å². The molecule has 0 aliphatic carbocycles. The summed E-state index contributed by atoms with van der Waals surface area (Å²) in [5.41, 5.74) is 2.56. The van der Waals surface area contributed by atoms with Gasteiger partial charge in [-0.05, 0) is 18.6 Å². The van der Waals surface area contributed by atoms with Crippen molar-refractivity contribution in [2.45, 2.75) is 26.8 Å². The Morgan fingerprint density at radius 1 is 1.38 bits per heavy atom. The first-order valence-electron chi connectivity index (χ1n) is 5.85. The molecule has 1 fully saturated rings. The minimum absolute atomic E-state index is 0.522. The molecule has 0 saturated carbocycles. The zero-order chi connectivity index (χ0) is 11.5. The third kappa shape index (κ3) is 1.71. The first-order chi connectivity index (χ1) is 7.86. The fourth-order valence-corrected chi connectivity index (χ4v) is 1.95. The summed E-state index contributed by atoms with van der Waals surface area (Å²) in [6.45, 7) is 7.80. The Labute approximate surface area is 96.1 Å². The predicted molar refractivity (Wildman–Crippen MR) is 65.7 cm³/mol. The van der Waals surface area contributed by atoms with Crippen LogP contribution in [-0.4, -0.2) is 22.8 Å². The number of aryl methyl sites for hydroxylation is 1. The molecular weight excluding hydrogens is 200 g/mol. The average molecular weight is 218 g/mol. The van der Waals surface area contributed by atoms with Crippen molar-refractivity contribution >= 4 is 10.9 Å². The summed E-state index contributed by atoms with van der Waals surface area (Å²) in [7, 11) is 0. The Morgan fingerprint density at radius 2 is 2.12 bits per heavy atom. The van der Waals surface area contributed by atoms with E-state index in [1.165, 1.54) is 16.5 Å². The highest BCUT2D eigenvalue weighted by molar-refractivity contribution is 5.82. The van der Waals surface area contributed by atoms with Crippen molar-refractivity contribution < 1.29 is 4.74 Å². The number of hydrogen-bond acceptors (Lipinski definition) is 2. The SMILES string of the molecule is CC.Cc1cn(C2COC2)c2ccncc12. The number of rotatable bonds is 1. The molecule has 1 aliphatic heterocycles. The van der Waals surface area contributed by atoms with E-state index in [-0.39, 0.29) is 0 Å². The second-order valence-electron chi connectivity index (χ2n) is 3.80. The second kappa shape index (κ2) is 4.66. The molecule has 0 N–H and O–H groups in total. The standard InChI is InChI=1S/C11H12N2O.C2H6/c1-8-5-13(9-6-14-7-9)11-2-3-12-4-10(8)11;1-2/h2-5,9H,6-7H2,1H3;1-2H3. The molecule has 0 atom stereocenters. The molecule has 0 bridgehead atoms. The molecule has 16 heavy (non-hydrogen) atoms. The smallest absolute Gasteiger partial charge is 0.0803 e. The summed E-state index contributed by atoms with van der Waals surface area (Å²) in [4.78, 5) is 4.15. The lowest BCUT2D eigenvalue weighted by molar-refractivity contribution is -0.0214. The third-order valence-corrected chi connectivity index (χ3v) is 2.85. The van der Waals surface area contributed by atoms with E-state index in [1.54, 1.807) is 0 Å². The van der Waals surface area contributed by atoms with E-state index in [1.807, 2.05) is 26.2 Å². The van der Waals surface area contributed by atoms with Gasteiger partial charge >= 0.3 is 0 Å². The zero-order valence-electron chi connectivity index (χ0n) is 10.1. The van der Waals surface area contributed by atoms with Gasteiger partial charge in [0.1, 0.15) is 0 Å². The molecule has 3 nitrogen and oxygen atoms in total. The molecule has 86 valence electrons. The number of hydrogen-bond donors (Lipinski definition) is 0. The van der Waals surface area contributed by atoms with Gasteiger partial charge in [-0.2, -0.15) is 0 Å². The van der Waals surface area contributed by atoms with Gasteiger partial charge in [0.05, 0.1) is 24.8 Å². The fraction of sp³-hybridized carbons (Fsp3) is 0.462. The van der Waals surface area contributed by atoms with Crippen molar-refractivity contribution in [3.05, 3.63) is 30.2 Å². The molecular formula is C13H18N2O. The largest absolute Gasteiger partial charge is 0.377 e. The maximum absolute atomic E-state index is 5.21. The fourth-order valence-electron chi connectivity index (χ4n) is 1.95. The molecule has 0 spiro atoms. The van der Waals surface area contributed by atoms with Crippen LogP contribution < -0.4 is 0 Å². The summed E-state index contributed by atoms with van der Waals surface area (Å²) in [5.74, 6) is 0. The average Bonchev–Trinajstić information content (AvgIpc) is 2.58. The highest BCUT2D eigenvalue weighted by Crippen LogP contribution is 2.26. The minimum atomic E-state index is 0.522. The normalized spacial score (nSPS) is 15.4. The first kappa shape index (κ1) is 11.1. The van der Waals surface area contributed by atoms with Gasteiger partial charge in [0, 0.05) is 24.0 Å². The predicted octanol–water partition coefficient (Wildman–Crippen LogP) is 2.94. The van der Waals surface area contributed by atoms with E-state index in [2.05, 4.69) is 28.7 Å². The maximum atomic E-state index is 5.21. The van der Waals surface area contributed by atoms with E-state index < -0.39 is 0 Å². The number of ether oxygens (including phenoxy) is 1. The molecule has 0 aromatic carbocycles. The lowest BCUT2D eigenvalue weighted by Gasteiger charge is -2.28. The quantitative estimate of drug-likeness (QED) is 0.735. The highest BCUT2D eigenvalue weighted by atomic mass is 16.5. The van der Waals surface area contributed by atoms with Crippen LogP contribution in [0.1, 0.15) is 25.5 Å². The molecule has 2 aromatic heterocycles. The number of nitrogens with zero attached hydrogens (tertiary/aromatic N) is 2. The van der Waals surface area contributed by atoms with Crippen LogP contribution in [0.5, 0.6) is 0 Å². The van der Waals surface area contributed by atoms with E-state index in [0.29, 0.717) is 6.04 Å². The van der Waals surface area contributed by atoms with Crippen LogP contribution in [0, 0.1) is 6.92 Å². The number of aromatic nitrogens is 2. The van der Waals surface area contributed by atoms with Crippen molar-refractivity contribution in [3.8, 4) is 0 Å². The van der Waals surface area contributed by atoms with E-state index in [9.17, 15) is 0 Å². The van der Waals surface area contributed by atoms with Gasteiger partial charge in [-0.1, -0.05) is 13.8 Å². The molecule has 3 heteroatoms. The van der Waals surface area contributed by atoms with E-state index in [0.717, 1.165) is 13.2 Å². The Kier molecular flexibility index (Phi) is 3.25. The highest BCUT2D eigenvalue weighted by Gasteiger charge is 2.22. The minimum Gasteiger partial charge on any atom is -0.377 e. The van der Waals surface area contributed by atoms with Crippen molar-refractivity contribution in [2.24, 2.45) is 0 Å². The van der Waals surface area contributed by atoms with Gasteiger partial charge in [0.15, 0.2) is 0 Å². The summed E-state index contributed by atoms with van der Waals surface area (Å²) < 4.78 is 7.51. The van der Waals surface area contributed by atoms with Crippen LogP contribution in [0.15, 0.2) is 24.7 Å². The first-order valence-corrected chi connectivity index (χ1v) is 5.85. The van der Waals surface area contributed by atoms with Crippen molar-refractivity contribution in [1.29, 1.82) is 0 Å². The molecule has 0 radical (unpaired) electrons. The molecule has 0 amide bonds. The Hall–Kier alpha value is -1.35. The molecule has 1 aliphatic rings. The van der Waals surface area contributed by atoms with Crippen LogP contribution >= 0.6 is 0 Å². The van der Waals surface area contributed by atoms with Crippen LogP contribution in [0.2, 0.25) is 0 Å². The number of fused-ring (bicyclic) bond motifs is 1. The van der Waals surface area contributed by atoms with Crippen LogP contribution in [-0.2, 0) is 4.74 Å². The third-order valence-electron chi connectivity index (χ3n) is 2.85. The molecule has 0 unspecified atom stereocenters. The van der Waals surface area contributed by atoms with Crippen molar-refractivity contribution in [1.82, 2.24) is 9.55 Å². The van der Waals surface area contributed by atoms with Gasteiger partial charge in [0.25, 0.3) is 0 Å². The van der Waals surface area contributed by atoms with Gasteiger partial charge in [0.2, 0.25) is 0 Å². The zero-order valence-corrected chi connectivity index (χ0v) is 10.1. The van der Waals surface area contributed by atoms with Crippen LogP contribution in [0.25, 0.3) is 10.9 Å². The molecule has 3 rings (SSSR count). The summed E-state index contributed by atoms with van der Waals surface area (Å²) in [6.07, 6.45) is 5.97. The summed E-state index contributed by atoms with van der Waals surface area (Å²) >= 11 is 0. The number of pyridine rings is 1. The van der Waals surface area contributed by atoms with Crippen LogP contribution in [0.3, 0.4) is 0 Å². The Balaban J connectivity index is 0.000000457. The van der Waals surface area contributed by atoms with E-state index >= 15 is 0 Å². The van der Waals surface area contributed by atoms with Gasteiger partial charge < -0.3 is 9.30 Å². The van der Waals surface area contributed by atoms with Gasteiger partial charge in [-0.15, -0.1) is 0 Å². The molecule has 3 heterocycles. The summed E-state index contributed by atoms with van der Waals surface area (Å²) in [6, 6.07) is 2.59. The monoisotopic (exact) mass is 218 g/mol. The van der Waals surface area contributed by atoms with Crippen LogP contribution in [0.4, 0.5) is 0 Å². The second-order valence-corrected chi connectivity index (χ2v) is 3.80. The lowest BCUT2D eigenvalue weighted by Crippen LogP contribution is -2.30. The summed E-state index contributed by atoms with van der Waals surface area (Å²) in [5, 5.41) is 1.25. The van der Waals surface area contributed by atoms with Gasteiger partial charge in [-0.25, -0.2) is 0 Å². The Morgan fingerprint density at radius 3 is 2.75 bits per heavy atom. The molecule has 1 saturated heterocycles. The molecule has 2 aromatic rings. The van der Waals surface area contributed by atoms with E-state index in [4.69, 9.17) is 4.74 Å². The van der Waals surface area contributed by atoms with Crippen molar-refractivity contribution in [3.63, 3.8) is 0 Å². The Bertz CT molecular complexity index is 472. The lowest BCUT2D eigenvalue weighted by atomic mass is 10.2.